The topological polar surface area (TPSA) is 45.1 Å². The molecule has 0 fully saturated rings. The minimum atomic E-state index is 0.189. The van der Waals surface area contributed by atoms with E-state index in [2.05, 4.69) is 10.3 Å². The number of phenolic OH excluding ortho intramolecular Hbond substituents is 1. The summed E-state index contributed by atoms with van der Waals surface area (Å²) in [4.78, 5) is 4.43. The van der Waals surface area contributed by atoms with Crippen LogP contribution in [-0.2, 0) is 0 Å². The Labute approximate surface area is 88.8 Å². The van der Waals surface area contributed by atoms with E-state index in [-0.39, 0.29) is 11.8 Å². The summed E-state index contributed by atoms with van der Waals surface area (Å²) in [5.74, 6) is 0.234. The number of aromatic hydroxyl groups is 1. The standard InChI is InChI=1S/C12H14N2O/c1-8(13-2)10-7-6-9-4-3-5-11(15)12(9)14-10/h3-8,13,15H,1-2H3/t8-/m1/s1. The van der Waals surface area contributed by atoms with Crippen molar-refractivity contribution in [2.75, 3.05) is 7.05 Å². The van der Waals surface area contributed by atoms with Crippen molar-refractivity contribution in [1.82, 2.24) is 10.3 Å². The Balaban J connectivity index is 2.59. The third kappa shape index (κ3) is 1.78. The fourth-order valence-corrected chi connectivity index (χ4v) is 1.54. The van der Waals surface area contributed by atoms with Gasteiger partial charge in [0.25, 0.3) is 0 Å². The molecule has 0 unspecified atom stereocenters. The molecular formula is C12H14N2O. The van der Waals surface area contributed by atoms with E-state index >= 15 is 0 Å². The predicted molar refractivity (Wildman–Crippen MR) is 60.9 cm³/mol. The molecule has 15 heavy (non-hydrogen) atoms. The molecule has 1 aromatic carbocycles. The molecule has 0 aliphatic carbocycles. The summed E-state index contributed by atoms with van der Waals surface area (Å²) in [6, 6.07) is 9.56. The molecule has 0 bridgehead atoms. The fourth-order valence-electron chi connectivity index (χ4n) is 1.54. The summed E-state index contributed by atoms with van der Waals surface area (Å²) < 4.78 is 0. The lowest BCUT2D eigenvalue weighted by molar-refractivity contribution is 0.480. The lowest BCUT2D eigenvalue weighted by Gasteiger charge is -2.10. The van der Waals surface area contributed by atoms with E-state index in [4.69, 9.17) is 0 Å². The van der Waals surface area contributed by atoms with Gasteiger partial charge in [0.1, 0.15) is 11.3 Å². The van der Waals surface area contributed by atoms with Crippen molar-refractivity contribution in [3.05, 3.63) is 36.0 Å². The van der Waals surface area contributed by atoms with Crippen molar-refractivity contribution in [2.24, 2.45) is 0 Å². The van der Waals surface area contributed by atoms with Crippen LogP contribution in [0.15, 0.2) is 30.3 Å². The number of fused-ring (bicyclic) bond motifs is 1. The minimum absolute atomic E-state index is 0.189. The Morgan fingerprint density at radius 1 is 1.27 bits per heavy atom. The molecule has 78 valence electrons. The van der Waals surface area contributed by atoms with Crippen LogP contribution in [0.3, 0.4) is 0 Å². The highest BCUT2D eigenvalue weighted by molar-refractivity contribution is 5.84. The van der Waals surface area contributed by atoms with Crippen molar-refractivity contribution in [1.29, 1.82) is 0 Å². The first-order chi connectivity index (χ1) is 7.22. The van der Waals surface area contributed by atoms with E-state index in [9.17, 15) is 5.11 Å². The summed E-state index contributed by atoms with van der Waals surface area (Å²) in [5, 5.41) is 13.7. The third-order valence-electron chi connectivity index (χ3n) is 2.60. The zero-order valence-electron chi connectivity index (χ0n) is 8.86. The summed E-state index contributed by atoms with van der Waals surface area (Å²) in [6.45, 7) is 2.04. The predicted octanol–water partition coefficient (Wildman–Crippen LogP) is 2.22. The maximum Gasteiger partial charge on any atom is 0.141 e. The van der Waals surface area contributed by atoms with Gasteiger partial charge in [-0.05, 0) is 26.1 Å². The molecule has 2 N–H and O–H groups in total. The summed E-state index contributed by atoms with van der Waals surface area (Å²) in [5.41, 5.74) is 1.60. The lowest BCUT2D eigenvalue weighted by atomic mass is 10.1. The van der Waals surface area contributed by atoms with Crippen LogP contribution in [0, 0.1) is 0 Å². The van der Waals surface area contributed by atoms with Gasteiger partial charge in [-0.1, -0.05) is 18.2 Å². The SMILES string of the molecule is CN[C@H](C)c1ccc2cccc(O)c2n1. The highest BCUT2D eigenvalue weighted by atomic mass is 16.3. The van der Waals surface area contributed by atoms with Gasteiger partial charge in [0.2, 0.25) is 0 Å². The smallest absolute Gasteiger partial charge is 0.141 e. The molecular weight excluding hydrogens is 188 g/mol. The Bertz CT molecular complexity index is 482. The molecule has 1 heterocycles. The van der Waals surface area contributed by atoms with Gasteiger partial charge in [0.15, 0.2) is 0 Å². The number of aromatic nitrogens is 1. The minimum Gasteiger partial charge on any atom is -0.506 e. The number of para-hydroxylation sites is 1. The number of rotatable bonds is 2. The van der Waals surface area contributed by atoms with Crippen molar-refractivity contribution >= 4 is 10.9 Å². The second kappa shape index (κ2) is 3.87. The highest BCUT2D eigenvalue weighted by Gasteiger charge is 2.06. The quantitative estimate of drug-likeness (QED) is 0.784. The van der Waals surface area contributed by atoms with Crippen LogP contribution in [0.1, 0.15) is 18.7 Å². The van der Waals surface area contributed by atoms with E-state index in [0.717, 1.165) is 11.1 Å². The molecule has 0 aliphatic heterocycles. The highest BCUT2D eigenvalue weighted by Crippen LogP contribution is 2.23. The van der Waals surface area contributed by atoms with Crippen LogP contribution in [0.4, 0.5) is 0 Å². The van der Waals surface area contributed by atoms with E-state index < -0.39 is 0 Å². The van der Waals surface area contributed by atoms with Gasteiger partial charge in [-0.15, -0.1) is 0 Å². The van der Waals surface area contributed by atoms with Crippen LogP contribution in [0.2, 0.25) is 0 Å². The summed E-state index contributed by atoms with van der Waals surface area (Å²) in [6.07, 6.45) is 0. The largest absolute Gasteiger partial charge is 0.506 e. The second-order valence-corrected chi connectivity index (χ2v) is 3.60. The average Bonchev–Trinajstić information content (AvgIpc) is 2.28. The van der Waals surface area contributed by atoms with Crippen LogP contribution in [-0.4, -0.2) is 17.1 Å². The molecule has 1 aromatic heterocycles. The van der Waals surface area contributed by atoms with Crippen molar-refractivity contribution in [2.45, 2.75) is 13.0 Å². The summed E-state index contributed by atoms with van der Waals surface area (Å²) >= 11 is 0. The second-order valence-electron chi connectivity index (χ2n) is 3.60. The van der Waals surface area contributed by atoms with Crippen LogP contribution in [0.25, 0.3) is 10.9 Å². The molecule has 0 amide bonds. The number of hydrogen-bond acceptors (Lipinski definition) is 3. The Hall–Kier alpha value is -1.61. The number of pyridine rings is 1. The molecule has 0 saturated carbocycles. The van der Waals surface area contributed by atoms with Crippen molar-refractivity contribution < 1.29 is 5.11 Å². The molecule has 3 nitrogen and oxygen atoms in total. The number of benzene rings is 1. The average molecular weight is 202 g/mol. The molecule has 0 radical (unpaired) electrons. The zero-order valence-corrected chi connectivity index (χ0v) is 8.86. The van der Waals surface area contributed by atoms with Crippen molar-refractivity contribution in [3.8, 4) is 5.75 Å². The molecule has 3 heteroatoms. The van der Waals surface area contributed by atoms with Crippen LogP contribution < -0.4 is 5.32 Å². The molecule has 0 aliphatic rings. The lowest BCUT2D eigenvalue weighted by Crippen LogP contribution is -2.13. The number of nitrogens with zero attached hydrogens (tertiary/aromatic N) is 1. The monoisotopic (exact) mass is 202 g/mol. The van der Waals surface area contributed by atoms with Crippen LogP contribution in [0.5, 0.6) is 5.75 Å². The van der Waals surface area contributed by atoms with Gasteiger partial charge >= 0.3 is 0 Å². The Morgan fingerprint density at radius 2 is 2.07 bits per heavy atom. The van der Waals surface area contributed by atoms with Gasteiger partial charge in [0, 0.05) is 11.4 Å². The van der Waals surface area contributed by atoms with Gasteiger partial charge in [-0.25, -0.2) is 4.98 Å². The van der Waals surface area contributed by atoms with Crippen LogP contribution >= 0.6 is 0 Å². The molecule has 2 rings (SSSR count). The first-order valence-corrected chi connectivity index (χ1v) is 4.98. The van der Waals surface area contributed by atoms with Gasteiger partial charge in [-0.2, -0.15) is 0 Å². The normalized spacial score (nSPS) is 12.9. The van der Waals surface area contributed by atoms with Gasteiger partial charge in [-0.3, -0.25) is 0 Å². The zero-order chi connectivity index (χ0) is 10.8. The molecule has 2 aromatic rings. The molecule has 1 atom stereocenters. The van der Waals surface area contributed by atoms with Gasteiger partial charge < -0.3 is 10.4 Å². The number of phenols is 1. The first-order valence-electron chi connectivity index (χ1n) is 4.98. The van der Waals surface area contributed by atoms with E-state index in [0.29, 0.717) is 5.52 Å². The Kier molecular flexibility index (Phi) is 2.56. The van der Waals surface area contributed by atoms with E-state index in [1.807, 2.05) is 38.2 Å². The first kappa shape index (κ1) is 9.93. The summed E-state index contributed by atoms with van der Waals surface area (Å²) in [7, 11) is 1.89. The maximum absolute atomic E-state index is 9.67. The van der Waals surface area contributed by atoms with Crippen molar-refractivity contribution in [3.63, 3.8) is 0 Å². The van der Waals surface area contributed by atoms with Gasteiger partial charge in [0.05, 0.1) is 5.69 Å². The molecule has 0 spiro atoms. The van der Waals surface area contributed by atoms with E-state index in [1.54, 1.807) is 6.07 Å². The molecule has 0 saturated heterocycles. The number of hydrogen-bond donors (Lipinski definition) is 2. The third-order valence-corrected chi connectivity index (χ3v) is 2.60. The number of nitrogens with one attached hydrogen (secondary N) is 1. The van der Waals surface area contributed by atoms with E-state index in [1.165, 1.54) is 0 Å². The fraction of sp³-hybridized carbons (Fsp3) is 0.250. The maximum atomic E-state index is 9.67. The Morgan fingerprint density at radius 3 is 2.80 bits per heavy atom.